The molecule has 5 rings (SSSR count). The number of nitrogens with one attached hydrogen (secondary N) is 2. The van der Waals surface area contributed by atoms with Crippen LogP contribution in [0, 0.1) is 29.6 Å². The summed E-state index contributed by atoms with van der Waals surface area (Å²) in [5, 5.41) is 7.19. The van der Waals surface area contributed by atoms with Gasteiger partial charge in [-0.15, -0.1) is 0 Å². The summed E-state index contributed by atoms with van der Waals surface area (Å²) in [6.07, 6.45) is 4.04. The minimum atomic E-state index is 0.0695. The van der Waals surface area contributed by atoms with Gasteiger partial charge in [0.1, 0.15) is 0 Å². The molecule has 2 aliphatic carbocycles. The van der Waals surface area contributed by atoms with Gasteiger partial charge in [-0.05, 0) is 84.1 Å². The maximum absolute atomic E-state index is 13.2. The van der Waals surface area contributed by atoms with Gasteiger partial charge in [-0.1, -0.05) is 58.0 Å². The lowest BCUT2D eigenvalue weighted by Crippen LogP contribution is -2.42. The summed E-state index contributed by atoms with van der Waals surface area (Å²) in [4.78, 5) is 13.2. The largest absolute Gasteiger partial charge is 0.378 e. The van der Waals surface area contributed by atoms with Gasteiger partial charge in [0, 0.05) is 17.3 Å². The van der Waals surface area contributed by atoms with Gasteiger partial charge in [-0.3, -0.25) is 4.79 Å². The van der Waals surface area contributed by atoms with Crippen molar-refractivity contribution in [3.05, 3.63) is 65.2 Å². The molecule has 3 aliphatic rings. The van der Waals surface area contributed by atoms with E-state index < -0.39 is 0 Å². The molecule has 0 spiro atoms. The summed E-state index contributed by atoms with van der Waals surface area (Å²) in [6.45, 7) is 8.74. The summed E-state index contributed by atoms with van der Waals surface area (Å²) in [5.74, 6) is 3.67. The normalized spacial score (nSPS) is 28.5. The zero-order valence-electron chi connectivity index (χ0n) is 19.3. The molecule has 2 saturated carbocycles. The van der Waals surface area contributed by atoms with E-state index in [4.69, 9.17) is 0 Å². The smallest absolute Gasteiger partial charge is 0.251 e. The van der Waals surface area contributed by atoms with Gasteiger partial charge in [0.05, 0.1) is 6.04 Å². The zero-order chi connectivity index (χ0) is 21.7. The Kier molecular flexibility index (Phi) is 5.32. The van der Waals surface area contributed by atoms with E-state index in [0.29, 0.717) is 29.7 Å². The van der Waals surface area contributed by atoms with E-state index in [2.05, 4.69) is 80.8 Å². The highest BCUT2D eigenvalue weighted by atomic mass is 16.1. The van der Waals surface area contributed by atoms with E-state index >= 15 is 0 Å². The molecule has 2 N–H and O–H groups in total. The average Bonchev–Trinajstić information content (AvgIpc) is 3.39. The zero-order valence-corrected chi connectivity index (χ0v) is 19.3. The molecule has 3 heteroatoms. The fourth-order valence-electron chi connectivity index (χ4n) is 6.96. The van der Waals surface area contributed by atoms with Gasteiger partial charge in [-0.25, -0.2) is 0 Å². The first-order valence-electron chi connectivity index (χ1n) is 12.2. The van der Waals surface area contributed by atoms with E-state index in [1.165, 1.54) is 36.1 Å². The molecule has 2 aromatic carbocycles. The van der Waals surface area contributed by atoms with Gasteiger partial charge in [0.25, 0.3) is 5.91 Å². The molecule has 0 aromatic heterocycles. The number of benzene rings is 2. The second-order valence-corrected chi connectivity index (χ2v) is 10.8. The molecule has 3 nitrogen and oxygen atoms in total. The third-order valence-electron chi connectivity index (χ3n) is 8.24. The molecule has 0 radical (unpaired) electrons. The minimum Gasteiger partial charge on any atom is -0.378 e. The molecule has 1 aliphatic heterocycles. The molecule has 5 atom stereocenters. The first-order chi connectivity index (χ1) is 14.9. The fourth-order valence-corrected chi connectivity index (χ4v) is 6.96. The minimum absolute atomic E-state index is 0.0695. The molecular weight excluding hydrogens is 380 g/mol. The molecule has 2 aromatic rings. The molecule has 164 valence electrons. The average molecular weight is 417 g/mol. The van der Waals surface area contributed by atoms with E-state index in [-0.39, 0.29) is 11.9 Å². The number of hydrogen-bond acceptors (Lipinski definition) is 2. The van der Waals surface area contributed by atoms with Crippen molar-refractivity contribution < 1.29 is 4.79 Å². The van der Waals surface area contributed by atoms with E-state index in [1.54, 1.807) is 0 Å². The van der Waals surface area contributed by atoms with Crippen molar-refractivity contribution >= 4 is 11.6 Å². The van der Waals surface area contributed by atoms with Crippen LogP contribution in [-0.2, 0) is 0 Å². The summed E-state index contributed by atoms with van der Waals surface area (Å²) in [6, 6.07) is 17.9. The Morgan fingerprint density at radius 1 is 0.968 bits per heavy atom. The third-order valence-corrected chi connectivity index (χ3v) is 8.24. The quantitative estimate of drug-likeness (QED) is 0.593. The molecule has 1 heterocycles. The standard InChI is InChI=1S/C28H36N2O/c1-16(2)26(17(3)4)30-28(31)21-12-13-23-22(15-21)24-19-10-11-20(14-19)25(24)27(29-23)18-8-6-5-7-9-18/h5-9,12-13,15-17,19-20,24-27,29H,10-11,14H2,1-4H3,(H,30,31)/t19-,20-,24-,25-,27+/m0/s1. The Morgan fingerprint density at radius 3 is 2.39 bits per heavy atom. The number of fused-ring (bicyclic) bond motifs is 7. The van der Waals surface area contributed by atoms with Crippen molar-refractivity contribution in [1.29, 1.82) is 0 Å². The van der Waals surface area contributed by atoms with Crippen LogP contribution in [0.15, 0.2) is 48.5 Å². The van der Waals surface area contributed by atoms with Crippen molar-refractivity contribution in [3.63, 3.8) is 0 Å². The highest BCUT2D eigenvalue weighted by Crippen LogP contribution is 2.63. The maximum Gasteiger partial charge on any atom is 0.251 e. The predicted octanol–water partition coefficient (Wildman–Crippen LogP) is 6.39. The number of carbonyl (C=O) groups excluding carboxylic acids is 1. The molecule has 1 amide bonds. The van der Waals surface area contributed by atoms with Crippen LogP contribution in [0.1, 0.15) is 80.4 Å². The Hall–Kier alpha value is -2.29. The van der Waals surface area contributed by atoms with Gasteiger partial charge in [0.15, 0.2) is 0 Å². The van der Waals surface area contributed by atoms with Crippen LogP contribution in [-0.4, -0.2) is 11.9 Å². The lowest BCUT2D eigenvalue weighted by Gasteiger charge is -2.43. The highest BCUT2D eigenvalue weighted by molar-refractivity contribution is 5.95. The highest BCUT2D eigenvalue weighted by Gasteiger charge is 2.53. The van der Waals surface area contributed by atoms with Crippen LogP contribution >= 0.6 is 0 Å². The van der Waals surface area contributed by atoms with Crippen LogP contribution in [0.3, 0.4) is 0 Å². The number of carbonyl (C=O) groups is 1. The maximum atomic E-state index is 13.2. The first-order valence-corrected chi connectivity index (χ1v) is 12.2. The summed E-state index contributed by atoms with van der Waals surface area (Å²) in [5.41, 5.74) is 4.81. The number of hydrogen-bond donors (Lipinski definition) is 2. The fraction of sp³-hybridized carbons (Fsp3) is 0.536. The van der Waals surface area contributed by atoms with E-state index in [1.807, 2.05) is 6.07 Å². The van der Waals surface area contributed by atoms with Gasteiger partial charge in [-0.2, -0.15) is 0 Å². The van der Waals surface area contributed by atoms with Crippen molar-refractivity contribution in [2.24, 2.45) is 29.6 Å². The predicted molar refractivity (Wildman–Crippen MR) is 127 cm³/mol. The Labute approximate surface area is 187 Å². The van der Waals surface area contributed by atoms with Crippen LogP contribution < -0.4 is 10.6 Å². The SMILES string of the molecule is CC(C)C(NC(=O)c1ccc2c(c1)[C@@H]1[C@H]3CC[C@@H](C3)[C@@H]1[C@@H](c1ccccc1)N2)C(C)C. The lowest BCUT2D eigenvalue weighted by molar-refractivity contribution is 0.0910. The monoisotopic (exact) mass is 416 g/mol. The second kappa shape index (κ2) is 8.00. The molecule has 0 saturated heterocycles. The molecule has 2 bridgehead atoms. The molecule has 31 heavy (non-hydrogen) atoms. The topological polar surface area (TPSA) is 41.1 Å². The van der Waals surface area contributed by atoms with Crippen molar-refractivity contribution in [1.82, 2.24) is 5.32 Å². The van der Waals surface area contributed by atoms with Crippen molar-refractivity contribution in [2.45, 2.75) is 65.0 Å². The summed E-state index contributed by atoms with van der Waals surface area (Å²) in [7, 11) is 0. The summed E-state index contributed by atoms with van der Waals surface area (Å²) < 4.78 is 0. The van der Waals surface area contributed by atoms with E-state index in [9.17, 15) is 4.79 Å². The first kappa shape index (κ1) is 20.6. The van der Waals surface area contributed by atoms with Crippen LogP contribution in [0.5, 0.6) is 0 Å². The molecule has 2 fully saturated rings. The van der Waals surface area contributed by atoms with Gasteiger partial charge < -0.3 is 10.6 Å². The Morgan fingerprint density at radius 2 is 1.68 bits per heavy atom. The Balaban J connectivity index is 1.48. The van der Waals surface area contributed by atoms with Crippen molar-refractivity contribution in [2.75, 3.05) is 5.32 Å². The second-order valence-electron chi connectivity index (χ2n) is 10.8. The summed E-state index contributed by atoms with van der Waals surface area (Å²) >= 11 is 0. The Bertz CT molecular complexity index is 943. The number of anilines is 1. The third kappa shape index (κ3) is 3.56. The van der Waals surface area contributed by atoms with Gasteiger partial charge in [0.2, 0.25) is 0 Å². The van der Waals surface area contributed by atoms with Crippen molar-refractivity contribution in [3.8, 4) is 0 Å². The lowest BCUT2D eigenvalue weighted by atomic mass is 9.68. The van der Waals surface area contributed by atoms with Crippen LogP contribution in [0.2, 0.25) is 0 Å². The number of rotatable bonds is 5. The van der Waals surface area contributed by atoms with Crippen LogP contribution in [0.25, 0.3) is 0 Å². The molecular formula is C28H36N2O. The van der Waals surface area contributed by atoms with E-state index in [0.717, 1.165) is 17.4 Å². The number of amides is 1. The van der Waals surface area contributed by atoms with Crippen LogP contribution in [0.4, 0.5) is 5.69 Å². The van der Waals surface area contributed by atoms with Gasteiger partial charge >= 0.3 is 0 Å². The molecule has 0 unspecified atom stereocenters.